The van der Waals surface area contributed by atoms with Crippen LogP contribution in [0.3, 0.4) is 0 Å². The van der Waals surface area contributed by atoms with Crippen LogP contribution < -0.4 is 0 Å². The van der Waals surface area contributed by atoms with E-state index >= 15 is 0 Å². The summed E-state index contributed by atoms with van der Waals surface area (Å²) in [6.07, 6.45) is 6.07. The smallest absolute Gasteiger partial charge is 0.306 e. The first-order chi connectivity index (χ1) is 10.7. The van der Waals surface area contributed by atoms with Gasteiger partial charge in [-0.1, -0.05) is 36.8 Å². The van der Waals surface area contributed by atoms with Gasteiger partial charge in [-0.3, -0.25) is 9.59 Å². The molecule has 2 unspecified atom stereocenters. The number of benzene rings is 1. The fourth-order valence-electron chi connectivity index (χ4n) is 4.73. The lowest BCUT2D eigenvalue weighted by molar-refractivity contribution is -0.145. The van der Waals surface area contributed by atoms with Crippen molar-refractivity contribution in [2.24, 2.45) is 11.8 Å². The van der Waals surface area contributed by atoms with Gasteiger partial charge in [0.1, 0.15) is 5.78 Å². The summed E-state index contributed by atoms with van der Waals surface area (Å²) in [5.41, 5.74) is 0.970. The highest BCUT2D eigenvalue weighted by Crippen LogP contribution is 2.53. The van der Waals surface area contributed by atoms with E-state index in [1.54, 1.807) is 0 Å². The van der Waals surface area contributed by atoms with E-state index in [4.69, 9.17) is 4.74 Å². The minimum Gasteiger partial charge on any atom is -0.469 e. The molecule has 0 saturated heterocycles. The van der Waals surface area contributed by atoms with Crippen LogP contribution in [0.4, 0.5) is 0 Å². The van der Waals surface area contributed by atoms with Crippen molar-refractivity contribution in [2.75, 3.05) is 7.11 Å². The highest BCUT2D eigenvalue weighted by atomic mass is 16.5. The average molecular weight is 300 g/mol. The van der Waals surface area contributed by atoms with Crippen LogP contribution in [0.1, 0.15) is 50.5 Å². The summed E-state index contributed by atoms with van der Waals surface area (Å²) in [4.78, 5) is 24.5. The molecule has 2 fully saturated rings. The molecule has 118 valence electrons. The van der Waals surface area contributed by atoms with Crippen molar-refractivity contribution >= 4 is 11.8 Å². The van der Waals surface area contributed by atoms with Gasteiger partial charge in [0.2, 0.25) is 0 Å². The average Bonchev–Trinajstić information content (AvgIpc) is 2.56. The van der Waals surface area contributed by atoms with Gasteiger partial charge in [0.25, 0.3) is 0 Å². The van der Waals surface area contributed by atoms with E-state index in [9.17, 15) is 9.59 Å². The number of fused-ring (bicyclic) bond motifs is 1. The Kier molecular flexibility index (Phi) is 4.32. The van der Waals surface area contributed by atoms with Crippen LogP contribution in [-0.2, 0) is 19.7 Å². The largest absolute Gasteiger partial charge is 0.469 e. The molecule has 1 aromatic rings. The van der Waals surface area contributed by atoms with E-state index in [-0.39, 0.29) is 23.2 Å². The van der Waals surface area contributed by atoms with E-state index < -0.39 is 0 Å². The Morgan fingerprint density at radius 3 is 2.73 bits per heavy atom. The van der Waals surface area contributed by atoms with Crippen molar-refractivity contribution in [3.8, 4) is 0 Å². The standard InChI is InChI=1S/C19H24O3/c1-22-18(21)13-19(14-7-3-2-4-8-14)12-6-9-15-16(19)10-5-11-17(15)20/h2-4,7-8,15-16H,5-6,9-13H2,1H3/t15?,16?,19-/m0/s1. The van der Waals surface area contributed by atoms with Crippen molar-refractivity contribution in [1.29, 1.82) is 0 Å². The number of methoxy groups -OCH3 is 1. The third-order valence-electron chi connectivity index (χ3n) is 5.72. The third-order valence-corrected chi connectivity index (χ3v) is 5.72. The second-order valence-corrected chi connectivity index (χ2v) is 6.74. The third kappa shape index (κ3) is 2.57. The molecule has 0 amide bonds. The Morgan fingerprint density at radius 2 is 2.00 bits per heavy atom. The number of carbonyl (C=O) groups is 2. The van der Waals surface area contributed by atoms with Crippen LogP contribution in [-0.4, -0.2) is 18.9 Å². The van der Waals surface area contributed by atoms with Gasteiger partial charge in [0, 0.05) is 17.8 Å². The van der Waals surface area contributed by atoms with Crippen LogP contribution >= 0.6 is 0 Å². The summed E-state index contributed by atoms with van der Waals surface area (Å²) < 4.78 is 4.98. The van der Waals surface area contributed by atoms with Gasteiger partial charge in [-0.25, -0.2) is 0 Å². The molecular formula is C19H24O3. The molecule has 0 heterocycles. The van der Waals surface area contributed by atoms with Gasteiger partial charge in [0.15, 0.2) is 0 Å². The lowest BCUT2D eigenvalue weighted by atomic mass is 9.53. The van der Waals surface area contributed by atoms with Gasteiger partial charge in [0.05, 0.1) is 13.5 Å². The molecule has 3 heteroatoms. The highest BCUT2D eigenvalue weighted by Gasteiger charge is 2.50. The molecule has 3 nitrogen and oxygen atoms in total. The number of hydrogen-bond acceptors (Lipinski definition) is 3. The molecule has 0 spiro atoms. The number of Topliss-reactive ketones (excluding diaryl/α,β-unsaturated/α-hetero) is 1. The van der Waals surface area contributed by atoms with Crippen LogP contribution in [0, 0.1) is 11.8 Å². The monoisotopic (exact) mass is 300 g/mol. The number of ketones is 1. The maximum atomic E-state index is 12.4. The molecule has 2 aliphatic carbocycles. The molecule has 2 aliphatic rings. The Balaban J connectivity index is 2.04. The fraction of sp³-hybridized carbons (Fsp3) is 0.579. The predicted octanol–water partition coefficient (Wildman–Crippen LogP) is 3.66. The van der Waals surface area contributed by atoms with Gasteiger partial charge < -0.3 is 4.74 Å². The summed E-state index contributed by atoms with van der Waals surface area (Å²) in [5.74, 6) is 0.653. The summed E-state index contributed by atoms with van der Waals surface area (Å²) >= 11 is 0. The van der Waals surface area contributed by atoms with Crippen LogP contribution in [0.25, 0.3) is 0 Å². The van der Waals surface area contributed by atoms with Gasteiger partial charge in [-0.05, 0) is 37.2 Å². The first-order valence-electron chi connectivity index (χ1n) is 8.32. The SMILES string of the molecule is COC(=O)C[C@]1(c2ccccc2)CCCC2C(=O)CCCC21. The minimum atomic E-state index is -0.229. The number of ether oxygens (including phenoxy) is 1. The van der Waals surface area contributed by atoms with Crippen molar-refractivity contribution in [1.82, 2.24) is 0 Å². The number of esters is 1. The first-order valence-corrected chi connectivity index (χ1v) is 8.32. The summed E-state index contributed by atoms with van der Waals surface area (Å²) in [5, 5.41) is 0. The lowest BCUT2D eigenvalue weighted by Gasteiger charge is -2.49. The van der Waals surface area contributed by atoms with E-state index in [0.29, 0.717) is 18.6 Å². The first kappa shape index (κ1) is 15.3. The summed E-state index contributed by atoms with van der Waals surface area (Å²) in [6, 6.07) is 10.3. The van der Waals surface area contributed by atoms with Crippen molar-refractivity contribution in [3.05, 3.63) is 35.9 Å². The lowest BCUT2D eigenvalue weighted by Crippen LogP contribution is -2.48. The summed E-state index contributed by atoms with van der Waals surface area (Å²) in [7, 11) is 1.45. The minimum absolute atomic E-state index is 0.132. The van der Waals surface area contributed by atoms with E-state index in [0.717, 1.165) is 32.1 Å². The maximum absolute atomic E-state index is 12.4. The van der Waals surface area contributed by atoms with Gasteiger partial charge in [-0.2, -0.15) is 0 Å². The van der Waals surface area contributed by atoms with Crippen molar-refractivity contribution < 1.29 is 14.3 Å². The van der Waals surface area contributed by atoms with Gasteiger partial charge in [-0.15, -0.1) is 0 Å². The van der Waals surface area contributed by atoms with E-state index in [1.165, 1.54) is 12.7 Å². The molecule has 0 radical (unpaired) electrons. The second kappa shape index (κ2) is 6.23. The Hall–Kier alpha value is -1.64. The Morgan fingerprint density at radius 1 is 1.23 bits per heavy atom. The van der Waals surface area contributed by atoms with Gasteiger partial charge >= 0.3 is 5.97 Å². The predicted molar refractivity (Wildman–Crippen MR) is 84.4 cm³/mol. The Labute approximate surface area is 132 Å². The van der Waals surface area contributed by atoms with Crippen molar-refractivity contribution in [2.45, 2.75) is 50.4 Å². The molecule has 3 rings (SSSR count). The molecule has 1 aromatic carbocycles. The zero-order valence-electron chi connectivity index (χ0n) is 13.2. The molecule has 0 aromatic heterocycles. The molecule has 0 N–H and O–H groups in total. The zero-order chi connectivity index (χ0) is 15.6. The summed E-state index contributed by atoms with van der Waals surface area (Å²) in [6.45, 7) is 0. The Bertz CT molecular complexity index is 551. The second-order valence-electron chi connectivity index (χ2n) is 6.74. The number of carbonyl (C=O) groups excluding carboxylic acids is 2. The van der Waals surface area contributed by atoms with Crippen LogP contribution in [0.5, 0.6) is 0 Å². The molecule has 0 aliphatic heterocycles. The van der Waals surface area contributed by atoms with E-state index in [1.807, 2.05) is 18.2 Å². The fourth-order valence-corrected chi connectivity index (χ4v) is 4.73. The zero-order valence-corrected chi connectivity index (χ0v) is 13.2. The van der Waals surface area contributed by atoms with Crippen molar-refractivity contribution in [3.63, 3.8) is 0 Å². The normalized spacial score (nSPS) is 31.4. The molecule has 2 saturated carbocycles. The number of rotatable bonds is 3. The van der Waals surface area contributed by atoms with Crippen LogP contribution in [0.2, 0.25) is 0 Å². The van der Waals surface area contributed by atoms with Crippen LogP contribution in [0.15, 0.2) is 30.3 Å². The number of hydrogen-bond donors (Lipinski definition) is 0. The highest BCUT2D eigenvalue weighted by molar-refractivity contribution is 5.83. The topological polar surface area (TPSA) is 43.4 Å². The molecular weight excluding hydrogens is 276 g/mol. The molecule has 3 atom stereocenters. The molecule has 22 heavy (non-hydrogen) atoms. The maximum Gasteiger partial charge on any atom is 0.306 e. The molecule has 0 bridgehead atoms. The van der Waals surface area contributed by atoms with E-state index in [2.05, 4.69) is 12.1 Å². The quantitative estimate of drug-likeness (QED) is 0.800.